The summed E-state index contributed by atoms with van der Waals surface area (Å²) in [5.74, 6) is 1.23. The summed E-state index contributed by atoms with van der Waals surface area (Å²) in [6.07, 6.45) is 4.72. The summed E-state index contributed by atoms with van der Waals surface area (Å²) in [6.45, 7) is 2.40. The van der Waals surface area contributed by atoms with Crippen LogP contribution in [0.1, 0.15) is 21.7 Å². The van der Waals surface area contributed by atoms with Crippen LogP contribution in [0.5, 0.6) is 0 Å². The van der Waals surface area contributed by atoms with Gasteiger partial charge in [0.15, 0.2) is 5.82 Å². The molecule has 0 unspecified atom stereocenters. The van der Waals surface area contributed by atoms with E-state index in [1.54, 1.807) is 30.7 Å². The Balaban J connectivity index is 1.70. The second-order valence-corrected chi connectivity index (χ2v) is 6.02. The first-order chi connectivity index (χ1) is 13.2. The normalized spacial score (nSPS) is 10.7. The molecular weight excluding hydrogens is 342 g/mol. The van der Waals surface area contributed by atoms with Gasteiger partial charge in [-0.1, -0.05) is 29.8 Å². The smallest absolute Gasteiger partial charge is 0.282 e. The second kappa shape index (κ2) is 7.25. The number of carbonyl (C=O) groups excluding carboxylic acids is 1. The molecule has 0 aliphatic heterocycles. The van der Waals surface area contributed by atoms with Gasteiger partial charge in [-0.05, 0) is 31.2 Å². The third-order valence-electron chi connectivity index (χ3n) is 4.02. The number of nitrogens with zero attached hydrogens (tertiary/aromatic N) is 4. The van der Waals surface area contributed by atoms with Gasteiger partial charge < -0.3 is 9.73 Å². The highest BCUT2D eigenvalue weighted by molar-refractivity contribution is 5.96. The first kappa shape index (κ1) is 16.7. The van der Waals surface area contributed by atoms with Crippen molar-refractivity contribution < 1.29 is 9.21 Å². The van der Waals surface area contributed by atoms with Crippen LogP contribution in [0.2, 0.25) is 0 Å². The van der Waals surface area contributed by atoms with E-state index in [1.807, 2.05) is 37.3 Å². The Labute approximate surface area is 155 Å². The van der Waals surface area contributed by atoms with Crippen molar-refractivity contribution in [2.75, 3.05) is 5.32 Å². The summed E-state index contributed by atoms with van der Waals surface area (Å²) in [5, 5.41) is 7.54. The van der Waals surface area contributed by atoms with Crippen molar-refractivity contribution in [1.29, 1.82) is 0 Å². The van der Waals surface area contributed by atoms with Crippen LogP contribution in [0, 0.1) is 6.92 Å². The lowest BCUT2D eigenvalue weighted by molar-refractivity contribution is 0.0947. The molecule has 3 aromatic heterocycles. The Morgan fingerprint density at radius 1 is 1.15 bits per heavy atom. The molecule has 4 rings (SSSR count). The van der Waals surface area contributed by atoms with Crippen LogP contribution in [0.25, 0.3) is 11.4 Å². The Morgan fingerprint density at radius 3 is 2.70 bits per heavy atom. The van der Waals surface area contributed by atoms with Crippen LogP contribution in [0.4, 0.5) is 5.95 Å². The quantitative estimate of drug-likeness (QED) is 0.586. The predicted octanol–water partition coefficient (Wildman–Crippen LogP) is 3.54. The minimum Gasteiger partial charge on any atom is -0.467 e. The summed E-state index contributed by atoms with van der Waals surface area (Å²) < 4.78 is 6.59. The molecule has 0 spiro atoms. The SMILES string of the molecule is Cc1ccc(-c2nc(NCc3ccco3)n(C(=O)c3cccnc3)n2)cc1. The summed E-state index contributed by atoms with van der Waals surface area (Å²) in [4.78, 5) is 21.4. The van der Waals surface area contributed by atoms with Gasteiger partial charge in [0.1, 0.15) is 5.76 Å². The first-order valence-corrected chi connectivity index (χ1v) is 8.46. The summed E-state index contributed by atoms with van der Waals surface area (Å²) in [5.41, 5.74) is 2.40. The monoisotopic (exact) mass is 359 g/mol. The van der Waals surface area contributed by atoms with Gasteiger partial charge in [0.2, 0.25) is 5.95 Å². The maximum absolute atomic E-state index is 12.9. The maximum Gasteiger partial charge on any atom is 0.282 e. The van der Waals surface area contributed by atoms with Gasteiger partial charge in [0, 0.05) is 18.0 Å². The number of hydrogen-bond donors (Lipinski definition) is 1. The zero-order valence-electron chi connectivity index (χ0n) is 14.7. The molecule has 4 aromatic rings. The third kappa shape index (κ3) is 3.62. The number of pyridine rings is 1. The fraction of sp³-hybridized carbons (Fsp3) is 0.100. The van der Waals surface area contributed by atoms with Crippen molar-refractivity contribution in [2.24, 2.45) is 0 Å². The minimum absolute atomic E-state index is 0.309. The summed E-state index contributed by atoms with van der Waals surface area (Å²) in [6, 6.07) is 14.9. The highest BCUT2D eigenvalue weighted by Gasteiger charge is 2.19. The van der Waals surface area contributed by atoms with Gasteiger partial charge in [0.25, 0.3) is 5.91 Å². The van der Waals surface area contributed by atoms with E-state index in [-0.39, 0.29) is 5.91 Å². The molecule has 0 aliphatic carbocycles. The first-order valence-electron chi connectivity index (χ1n) is 8.46. The molecule has 7 heteroatoms. The largest absolute Gasteiger partial charge is 0.467 e. The molecular formula is C20H17N5O2. The molecule has 1 aromatic carbocycles. The number of aryl methyl sites for hydroxylation is 1. The summed E-state index contributed by atoms with van der Waals surface area (Å²) >= 11 is 0. The number of nitrogens with one attached hydrogen (secondary N) is 1. The van der Waals surface area contributed by atoms with Crippen LogP contribution >= 0.6 is 0 Å². The van der Waals surface area contributed by atoms with Crippen LogP contribution in [0.15, 0.2) is 71.6 Å². The molecule has 0 radical (unpaired) electrons. The Kier molecular flexibility index (Phi) is 4.49. The van der Waals surface area contributed by atoms with E-state index in [1.165, 1.54) is 10.9 Å². The van der Waals surface area contributed by atoms with Crippen molar-refractivity contribution in [3.63, 3.8) is 0 Å². The lowest BCUT2D eigenvalue weighted by Crippen LogP contribution is -2.17. The van der Waals surface area contributed by atoms with Crippen molar-refractivity contribution in [3.8, 4) is 11.4 Å². The average Bonchev–Trinajstić information content (AvgIpc) is 3.37. The highest BCUT2D eigenvalue weighted by Crippen LogP contribution is 2.20. The topological polar surface area (TPSA) is 85.8 Å². The van der Waals surface area contributed by atoms with E-state index in [2.05, 4.69) is 20.4 Å². The van der Waals surface area contributed by atoms with E-state index in [4.69, 9.17) is 4.42 Å². The van der Waals surface area contributed by atoms with Crippen LogP contribution in [-0.2, 0) is 6.54 Å². The number of aromatic nitrogens is 4. The van der Waals surface area contributed by atoms with Crippen molar-refractivity contribution in [3.05, 3.63) is 84.1 Å². The molecule has 0 fully saturated rings. The van der Waals surface area contributed by atoms with E-state index in [0.29, 0.717) is 23.9 Å². The van der Waals surface area contributed by atoms with Crippen molar-refractivity contribution in [1.82, 2.24) is 19.7 Å². The maximum atomic E-state index is 12.9. The molecule has 3 heterocycles. The molecule has 0 bridgehead atoms. The number of hydrogen-bond acceptors (Lipinski definition) is 6. The fourth-order valence-corrected chi connectivity index (χ4v) is 2.58. The Morgan fingerprint density at radius 2 is 2.00 bits per heavy atom. The van der Waals surface area contributed by atoms with Gasteiger partial charge in [0.05, 0.1) is 18.4 Å². The van der Waals surface area contributed by atoms with Gasteiger partial charge in [-0.2, -0.15) is 9.67 Å². The number of anilines is 1. The molecule has 134 valence electrons. The number of benzene rings is 1. The minimum atomic E-state index is -0.309. The second-order valence-electron chi connectivity index (χ2n) is 6.02. The highest BCUT2D eigenvalue weighted by atomic mass is 16.3. The van der Waals surface area contributed by atoms with Crippen molar-refractivity contribution >= 4 is 11.9 Å². The lowest BCUT2D eigenvalue weighted by Gasteiger charge is -2.05. The van der Waals surface area contributed by atoms with Crippen LogP contribution in [0.3, 0.4) is 0 Å². The molecule has 0 amide bonds. The zero-order chi connectivity index (χ0) is 18.6. The standard InChI is InChI=1S/C20H17N5O2/c1-14-6-8-15(9-7-14)18-23-20(22-13-17-5-3-11-27-17)25(24-18)19(26)16-4-2-10-21-12-16/h2-12H,13H2,1H3,(H,22,23,24). The molecule has 0 aliphatic rings. The van der Waals surface area contributed by atoms with E-state index < -0.39 is 0 Å². The Bertz CT molecular complexity index is 1040. The molecule has 0 saturated heterocycles. The van der Waals surface area contributed by atoms with E-state index in [0.717, 1.165) is 16.9 Å². The average molecular weight is 359 g/mol. The van der Waals surface area contributed by atoms with Crippen LogP contribution in [-0.4, -0.2) is 25.7 Å². The molecule has 7 nitrogen and oxygen atoms in total. The van der Waals surface area contributed by atoms with Crippen molar-refractivity contribution in [2.45, 2.75) is 13.5 Å². The predicted molar refractivity (Wildman–Crippen MR) is 100 cm³/mol. The molecule has 1 N–H and O–H groups in total. The number of carbonyl (C=O) groups is 1. The lowest BCUT2D eigenvalue weighted by atomic mass is 10.1. The summed E-state index contributed by atoms with van der Waals surface area (Å²) in [7, 11) is 0. The number of furan rings is 1. The van der Waals surface area contributed by atoms with Gasteiger partial charge in [-0.15, -0.1) is 5.10 Å². The van der Waals surface area contributed by atoms with Gasteiger partial charge in [-0.25, -0.2) is 0 Å². The molecule has 27 heavy (non-hydrogen) atoms. The zero-order valence-corrected chi connectivity index (χ0v) is 14.7. The number of rotatable bonds is 5. The third-order valence-corrected chi connectivity index (χ3v) is 4.02. The van der Waals surface area contributed by atoms with Gasteiger partial charge in [-0.3, -0.25) is 9.78 Å². The molecule has 0 atom stereocenters. The van der Waals surface area contributed by atoms with E-state index in [9.17, 15) is 4.79 Å². The molecule has 0 saturated carbocycles. The van der Waals surface area contributed by atoms with Gasteiger partial charge >= 0.3 is 0 Å². The Hall–Kier alpha value is -3.74. The van der Waals surface area contributed by atoms with E-state index >= 15 is 0 Å². The fourth-order valence-electron chi connectivity index (χ4n) is 2.58. The van der Waals surface area contributed by atoms with Crippen LogP contribution < -0.4 is 5.32 Å².